The van der Waals surface area contributed by atoms with Gasteiger partial charge in [0.1, 0.15) is 10.7 Å². The van der Waals surface area contributed by atoms with Gasteiger partial charge in [-0.3, -0.25) is 9.59 Å². The highest BCUT2D eigenvalue weighted by Crippen LogP contribution is 2.34. The van der Waals surface area contributed by atoms with Crippen LogP contribution in [-0.4, -0.2) is 39.5 Å². The lowest BCUT2D eigenvalue weighted by Gasteiger charge is -2.09. The maximum absolute atomic E-state index is 13.3. The van der Waals surface area contributed by atoms with Crippen molar-refractivity contribution in [2.45, 2.75) is 20.0 Å². The second kappa shape index (κ2) is 7.40. The monoisotopic (exact) mass is 441 g/mol. The maximum atomic E-state index is 13.3. The molecule has 0 atom stereocenters. The molecule has 0 aliphatic carbocycles. The average molecular weight is 441 g/mol. The van der Waals surface area contributed by atoms with Crippen molar-refractivity contribution in [3.63, 3.8) is 0 Å². The molecule has 3 heterocycles. The minimum atomic E-state index is -4.72. The number of esters is 1. The number of thiophene rings is 1. The van der Waals surface area contributed by atoms with Crippen molar-refractivity contribution >= 4 is 39.8 Å². The molecule has 158 valence electrons. The van der Waals surface area contributed by atoms with E-state index in [1.165, 1.54) is 13.8 Å². The molecule has 0 spiro atoms. The van der Waals surface area contributed by atoms with E-state index in [9.17, 15) is 27.6 Å². The van der Waals surface area contributed by atoms with Crippen molar-refractivity contribution in [1.82, 2.24) is 14.6 Å². The molecule has 0 fully saturated rings. The summed E-state index contributed by atoms with van der Waals surface area (Å²) in [6, 6.07) is 1.88. The van der Waals surface area contributed by atoms with Gasteiger partial charge >= 0.3 is 12.1 Å². The van der Waals surface area contributed by atoms with Crippen molar-refractivity contribution in [1.29, 1.82) is 0 Å². The summed E-state index contributed by atoms with van der Waals surface area (Å²) in [5, 5.41) is 6.03. The number of ether oxygens (including phenoxy) is 1. The summed E-state index contributed by atoms with van der Waals surface area (Å²) in [6.45, 7) is 2.83. The molecule has 3 N–H and O–H groups in total. The zero-order valence-electron chi connectivity index (χ0n) is 15.7. The number of methoxy groups -OCH3 is 1. The van der Waals surface area contributed by atoms with E-state index in [0.717, 1.165) is 30.6 Å². The Balaban J connectivity index is 2.05. The molecule has 0 aromatic carbocycles. The molecule has 3 aromatic rings. The number of alkyl halides is 3. The van der Waals surface area contributed by atoms with Gasteiger partial charge in [0.05, 0.1) is 17.6 Å². The Bertz CT molecular complexity index is 1200. The molecule has 2 amide bonds. The van der Waals surface area contributed by atoms with Crippen LogP contribution in [0.5, 0.6) is 0 Å². The van der Waals surface area contributed by atoms with Gasteiger partial charge in [0.2, 0.25) is 0 Å². The molecule has 0 saturated heterocycles. The number of amides is 2. The largest absolute Gasteiger partial charge is 0.465 e. The number of carbonyl (C=O) groups is 3. The van der Waals surface area contributed by atoms with Gasteiger partial charge in [-0.25, -0.2) is 14.3 Å². The summed E-state index contributed by atoms with van der Waals surface area (Å²) < 4.78 is 45.0. The van der Waals surface area contributed by atoms with Crippen LogP contribution in [0.3, 0.4) is 0 Å². The molecule has 0 unspecified atom stereocenters. The zero-order valence-corrected chi connectivity index (χ0v) is 16.6. The fraction of sp³-hybridized carbons (Fsp3) is 0.235. The van der Waals surface area contributed by atoms with Gasteiger partial charge in [0, 0.05) is 11.8 Å². The van der Waals surface area contributed by atoms with Crippen LogP contribution in [0.2, 0.25) is 0 Å². The lowest BCUT2D eigenvalue weighted by Crippen LogP contribution is -2.16. The van der Waals surface area contributed by atoms with Crippen LogP contribution in [0.15, 0.2) is 12.1 Å². The third-order valence-corrected chi connectivity index (χ3v) is 5.29. The van der Waals surface area contributed by atoms with Crippen molar-refractivity contribution in [2.75, 3.05) is 12.4 Å². The quantitative estimate of drug-likeness (QED) is 0.599. The smallest absolute Gasteiger partial charge is 0.433 e. The normalized spacial score (nSPS) is 11.5. The van der Waals surface area contributed by atoms with Crippen LogP contribution in [0.1, 0.15) is 47.5 Å². The number of carbonyl (C=O) groups excluding carboxylic acids is 3. The third kappa shape index (κ3) is 3.70. The van der Waals surface area contributed by atoms with Crippen molar-refractivity contribution in [2.24, 2.45) is 5.73 Å². The van der Waals surface area contributed by atoms with E-state index in [1.807, 2.05) is 0 Å². The Hall–Kier alpha value is -3.48. The van der Waals surface area contributed by atoms with Gasteiger partial charge in [0.25, 0.3) is 11.8 Å². The summed E-state index contributed by atoms with van der Waals surface area (Å²) in [5.41, 5.74) is 3.85. The minimum Gasteiger partial charge on any atom is -0.465 e. The first-order valence-electron chi connectivity index (χ1n) is 8.21. The number of nitrogens with one attached hydrogen (secondary N) is 1. The average Bonchev–Trinajstić information content (AvgIpc) is 3.20. The number of anilines is 1. The molecular weight excluding hydrogens is 427 g/mol. The summed E-state index contributed by atoms with van der Waals surface area (Å²) >= 11 is 0.740. The SMILES string of the molecule is COC(=O)c1c(NC(=O)c2cc3nc(C)cc(C(F)(F)F)n3n2)sc(C(N)=O)c1C. The predicted octanol–water partition coefficient (Wildman–Crippen LogP) is 2.56. The van der Waals surface area contributed by atoms with E-state index < -0.39 is 29.7 Å². The van der Waals surface area contributed by atoms with Gasteiger partial charge in [-0.1, -0.05) is 0 Å². The van der Waals surface area contributed by atoms with Crippen LogP contribution in [-0.2, 0) is 10.9 Å². The van der Waals surface area contributed by atoms with Gasteiger partial charge in [-0.2, -0.15) is 18.3 Å². The molecule has 13 heteroatoms. The van der Waals surface area contributed by atoms with Crippen molar-refractivity contribution in [3.05, 3.63) is 45.2 Å². The second-order valence-electron chi connectivity index (χ2n) is 6.15. The molecule has 3 aromatic heterocycles. The van der Waals surface area contributed by atoms with Crippen LogP contribution in [0.25, 0.3) is 5.65 Å². The van der Waals surface area contributed by atoms with Gasteiger partial charge in [-0.15, -0.1) is 11.3 Å². The Kier molecular flexibility index (Phi) is 5.24. The fourth-order valence-electron chi connectivity index (χ4n) is 2.76. The number of fused-ring (bicyclic) bond motifs is 1. The first-order chi connectivity index (χ1) is 13.9. The topological polar surface area (TPSA) is 129 Å². The summed E-state index contributed by atoms with van der Waals surface area (Å²) in [5.74, 6) is -2.54. The predicted molar refractivity (Wildman–Crippen MR) is 99.6 cm³/mol. The van der Waals surface area contributed by atoms with E-state index in [1.54, 1.807) is 0 Å². The molecule has 0 radical (unpaired) electrons. The molecule has 3 rings (SSSR count). The number of aromatic nitrogens is 3. The number of rotatable bonds is 4. The van der Waals surface area contributed by atoms with E-state index in [2.05, 4.69) is 20.1 Å². The third-order valence-electron chi connectivity index (χ3n) is 4.07. The van der Waals surface area contributed by atoms with Gasteiger partial charge < -0.3 is 15.8 Å². The Labute approximate surface area is 170 Å². The van der Waals surface area contributed by atoms with Crippen molar-refractivity contribution in [3.8, 4) is 0 Å². The van der Waals surface area contributed by atoms with Gasteiger partial charge in [0.15, 0.2) is 11.3 Å². The molecule has 0 aliphatic rings. The van der Waals surface area contributed by atoms with Crippen LogP contribution >= 0.6 is 11.3 Å². The second-order valence-corrected chi connectivity index (χ2v) is 7.17. The summed E-state index contributed by atoms with van der Waals surface area (Å²) in [6.07, 6.45) is -4.72. The number of hydrogen-bond acceptors (Lipinski definition) is 7. The molecule has 9 nitrogen and oxygen atoms in total. The summed E-state index contributed by atoms with van der Waals surface area (Å²) in [4.78, 5) is 40.2. The van der Waals surface area contributed by atoms with Crippen LogP contribution < -0.4 is 11.1 Å². The fourth-order valence-corrected chi connectivity index (χ4v) is 3.81. The first kappa shape index (κ1) is 21.2. The molecular formula is C17H14F3N5O4S. The molecule has 0 aliphatic heterocycles. The lowest BCUT2D eigenvalue weighted by molar-refractivity contribution is -0.142. The Morgan fingerprint density at radius 2 is 1.90 bits per heavy atom. The molecule has 0 saturated carbocycles. The molecule has 30 heavy (non-hydrogen) atoms. The van der Waals surface area contributed by atoms with E-state index in [0.29, 0.717) is 4.52 Å². The Morgan fingerprint density at radius 3 is 2.47 bits per heavy atom. The van der Waals surface area contributed by atoms with Crippen LogP contribution in [0, 0.1) is 13.8 Å². The van der Waals surface area contributed by atoms with E-state index in [-0.39, 0.29) is 38.0 Å². The summed E-state index contributed by atoms with van der Waals surface area (Å²) in [7, 11) is 1.11. The number of nitrogens with two attached hydrogens (primary N) is 1. The number of aryl methyl sites for hydroxylation is 1. The highest BCUT2D eigenvalue weighted by molar-refractivity contribution is 7.18. The standard InChI is InChI=1S/C17H14F3N5O4S/c1-6-4-9(17(18,19)20)25-10(22-6)5-8(24-25)14(27)23-15-11(16(28)29-3)7(2)12(30-15)13(21)26/h4-5H,1-3H3,(H2,21,26)(H,23,27). The minimum absolute atomic E-state index is 0.0253. The lowest BCUT2D eigenvalue weighted by atomic mass is 10.1. The zero-order chi connectivity index (χ0) is 22.4. The van der Waals surface area contributed by atoms with E-state index >= 15 is 0 Å². The number of primary amides is 1. The Morgan fingerprint density at radius 1 is 1.23 bits per heavy atom. The van der Waals surface area contributed by atoms with Gasteiger partial charge in [-0.05, 0) is 25.5 Å². The highest BCUT2D eigenvalue weighted by atomic mass is 32.1. The maximum Gasteiger partial charge on any atom is 0.433 e. The number of nitrogens with zero attached hydrogens (tertiary/aromatic N) is 3. The van der Waals surface area contributed by atoms with Crippen molar-refractivity contribution < 1.29 is 32.3 Å². The number of hydrogen-bond donors (Lipinski definition) is 2. The van der Waals surface area contributed by atoms with Crippen LogP contribution in [0.4, 0.5) is 18.2 Å². The number of halogens is 3. The highest BCUT2D eigenvalue weighted by Gasteiger charge is 2.35. The first-order valence-corrected chi connectivity index (χ1v) is 9.03. The van der Waals surface area contributed by atoms with E-state index in [4.69, 9.17) is 5.73 Å². The molecule has 0 bridgehead atoms.